The molecular weight excluding hydrogens is 238 g/mol. The van der Waals surface area contributed by atoms with Gasteiger partial charge in [0.05, 0.1) is 0 Å². The van der Waals surface area contributed by atoms with Crippen molar-refractivity contribution >= 4 is 17.3 Å². The molecule has 0 radical (unpaired) electrons. The molecule has 0 bridgehead atoms. The van der Waals surface area contributed by atoms with Gasteiger partial charge in [-0.15, -0.1) is 0 Å². The third-order valence-corrected chi connectivity index (χ3v) is 3.00. The molecular formula is C15H25N3O. The van der Waals surface area contributed by atoms with Gasteiger partial charge in [0.1, 0.15) is 0 Å². The van der Waals surface area contributed by atoms with E-state index in [1.165, 1.54) is 0 Å². The lowest BCUT2D eigenvalue weighted by Crippen LogP contribution is -2.33. The lowest BCUT2D eigenvalue weighted by atomic mass is 10.00. The third-order valence-electron chi connectivity index (χ3n) is 3.00. The molecule has 4 nitrogen and oxygen atoms in total. The topological polar surface area (TPSA) is 58.4 Å². The highest BCUT2D eigenvalue weighted by molar-refractivity contribution is 5.91. The van der Waals surface area contributed by atoms with Crippen molar-refractivity contribution in [2.45, 2.75) is 39.2 Å². The van der Waals surface area contributed by atoms with Crippen LogP contribution in [-0.2, 0) is 4.79 Å². The number of anilines is 2. The second-order valence-electron chi connectivity index (χ2n) is 5.93. The molecule has 0 saturated heterocycles. The zero-order valence-electron chi connectivity index (χ0n) is 12.6. The van der Waals surface area contributed by atoms with E-state index in [4.69, 9.17) is 5.73 Å². The van der Waals surface area contributed by atoms with Crippen LogP contribution in [0.4, 0.5) is 11.4 Å². The summed E-state index contributed by atoms with van der Waals surface area (Å²) in [6, 6.07) is 5.99. The van der Waals surface area contributed by atoms with E-state index in [2.05, 4.69) is 11.4 Å². The summed E-state index contributed by atoms with van der Waals surface area (Å²) in [6.07, 6.45) is 1.12. The Morgan fingerprint density at radius 3 is 2.47 bits per heavy atom. The minimum absolute atomic E-state index is 0.0132. The molecule has 0 atom stereocenters. The van der Waals surface area contributed by atoms with Gasteiger partial charge >= 0.3 is 0 Å². The predicted octanol–water partition coefficient (Wildman–Crippen LogP) is 2.52. The quantitative estimate of drug-likeness (QED) is 0.858. The summed E-state index contributed by atoms with van der Waals surface area (Å²) in [5, 5.41) is 2.94. The Hall–Kier alpha value is -1.55. The molecule has 4 heteroatoms. The van der Waals surface area contributed by atoms with E-state index in [1.807, 2.05) is 51.9 Å². The number of rotatable bonds is 5. The van der Waals surface area contributed by atoms with Gasteiger partial charge in [0, 0.05) is 37.4 Å². The Labute approximate surface area is 116 Å². The number of carbonyl (C=O) groups excluding carboxylic acids is 1. The van der Waals surface area contributed by atoms with Crippen LogP contribution >= 0.6 is 0 Å². The average Bonchev–Trinajstić information content (AvgIpc) is 2.28. The van der Waals surface area contributed by atoms with E-state index < -0.39 is 0 Å². The number of nitrogens with two attached hydrogens (primary N) is 1. The summed E-state index contributed by atoms with van der Waals surface area (Å²) in [4.78, 5) is 13.9. The zero-order chi connectivity index (χ0) is 14.6. The van der Waals surface area contributed by atoms with Gasteiger partial charge in [0.2, 0.25) is 5.91 Å². The van der Waals surface area contributed by atoms with Crippen molar-refractivity contribution in [3.8, 4) is 0 Å². The molecule has 3 N–H and O–H groups in total. The van der Waals surface area contributed by atoms with E-state index in [0.717, 1.165) is 16.9 Å². The van der Waals surface area contributed by atoms with Crippen molar-refractivity contribution in [1.29, 1.82) is 0 Å². The van der Waals surface area contributed by atoms with Crippen LogP contribution in [0.3, 0.4) is 0 Å². The fraction of sp³-hybridized carbons (Fsp3) is 0.533. The van der Waals surface area contributed by atoms with Gasteiger partial charge in [0.15, 0.2) is 0 Å². The Morgan fingerprint density at radius 1 is 1.37 bits per heavy atom. The highest BCUT2D eigenvalue weighted by Gasteiger charge is 2.13. The minimum Gasteiger partial charge on any atom is -0.378 e. The molecule has 0 saturated carbocycles. The molecule has 0 aromatic heterocycles. The Kier molecular flexibility index (Phi) is 4.95. The number of amides is 1. The van der Waals surface area contributed by atoms with Crippen molar-refractivity contribution in [2.24, 2.45) is 5.73 Å². The molecule has 1 rings (SSSR count). The van der Waals surface area contributed by atoms with E-state index >= 15 is 0 Å². The van der Waals surface area contributed by atoms with Crippen LogP contribution in [0.5, 0.6) is 0 Å². The van der Waals surface area contributed by atoms with E-state index in [-0.39, 0.29) is 11.4 Å². The largest absolute Gasteiger partial charge is 0.378 e. The zero-order valence-corrected chi connectivity index (χ0v) is 12.6. The Balaban J connectivity index is 2.65. The number of aryl methyl sites for hydroxylation is 1. The van der Waals surface area contributed by atoms with Gasteiger partial charge in [-0.2, -0.15) is 0 Å². The molecule has 0 aliphatic heterocycles. The molecule has 0 aliphatic carbocycles. The molecule has 1 aromatic carbocycles. The monoisotopic (exact) mass is 263 g/mol. The summed E-state index contributed by atoms with van der Waals surface area (Å²) >= 11 is 0. The van der Waals surface area contributed by atoms with Crippen LogP contribution in [0.1, 0.15) is 32.3 Å². The van der Waals surface area contributed by atoms with Gasteiger partial charge in [-0.05, 0) is 51.0 Å². The Bertz CT molecular complexity index is 447. The first kappa shape index (κ1) is 15.5. The molecule has 19 heavy (non-hydrogen) atoms. The highest BCUT2D eigenvalue weighted by Crippen LogP contribution is 2.21. The summed E-state index contributed by atoms with van der Waals surface area (Å²) in [6.45, 7) is 5.85. The van der Waals surface area contributed by atoms with Gasteiger partial charge < -0.3 is 16.0 Å². The SMILES string of the molecule is Cc1cc(N(C)C)ccc1NC(=O)CCC(C)(C)N. The third kappa shape index (κ3) is 5.30. The standard InChI is InChI=1S/C15H25N3O/c1-11-10-12(18(4)5)6-7-13(11)17-14(19)8-9-15(2,3)16/h6-7,10H,8-9,16H2,1-5H3,(H,17,19). The summed E-state index contributed by atoms with van der Waals surface area (Å²) in [7, 11) is 3.99. The lowest BCUT2D eigenvalue weighted by molar-refractivity contribution is -0.116. The van der Waals surface area contributed by atoms with Crippen LogP contribution in [0.15, 0.2) is 18.2 Å². The van der Waals surface area contributed by atoms with Crippen molar-refractivity contribution in [3.63, 3.8) is 0 Å². The van der Waals surface area contributed by atoms with Gasteiger partial charge in [-0.1, -0.05) is 0 Å². The van der Waals surface area contributed by atoms with E-state index in [9.17, 15) is 4.79 Å². The van der Waals surface area contributed by atoms with Gasteiger partial charge in [0.25, 0.3) is 0 Å². The lowest BCUT2D eigenvalue weighted by Gasteiger charge is -2.18. The Morgan fingerprint density at radius 2 is 2.00 bits per heavy atom. The smallest absolute Gasteiger partial charge is 0.224 e. The van der Waals surface area contributed by atoms with Crippen LogP contribution < -0.4 is 16.0 Å². The van der Waals surface area contributed by atoms with Gasteiger partial charge in [-0.25, -0.2) is 0 Å². The second-order valence-corrected chi connectivity index (χ2v) is 5.93. The number of benzene rings is 1. The molecule has 1 amide bonds. The van der Waals surface area contributed by atoms with Crippen molar-refractivity contribution in [2.75, 3.05) is 24.3 Å². The maximum absolute atomic E-state index is 11.9. The first-order chi connectivity index (χ1) is 8.69. The summed E-state index contributed by atoms with van der Waals surface area (Å²) in [5.74, 6) is 0.0132. The molecule has 0 unspecified atom stereocenters. The maximum atomic E-state index is 11.9. The van der Waals surface area contributed by atoms with E-state index in [0.29, 0.717) is 12.8 Å². The summed E-state index contributed by atoms with van der Waals surface area (Å²) < 4.78 is 0. The fourth-order valence-electron chi connectivity index (χ4n) is 1.71. The number of nitrogens with one attached hydrogen (secondary N) is 1. The van der Waals surface area contributed by atoms with Crippen LogP contribution in [-0.4, -0.2) is 25.5 Å². The second kappa shape index (κ2) is 6.06. The van der Waals surface area contributed by atoms with Crippen LogP contribution in [0.25, 0.3) is 0 Å². The molecule has 1 aromatic rings. The molecule has 106 valence electrons. The van der Waals surface area contributed by atoms with Crippen LogP contribution in [0.2, 0.25) is 0 Å². The van der Waals surface area contributed by atoms with Crippen molar-refractivity contribution < 1.29 is 4.79 Å². The number of carbonyl (C=O) groups is 1. The number of hydrogen-bond acceptors (Lipinski definition) is 3. The summed E-state index contributed by atoms with van der Waals surface area (Å²) in [5.41, 5.74) is 8.62. The number of hydrogen-bond donors (Lipinski definition) is 2. The average molecular weight is 263 g/mol. The van der Waals surface area contributed by atoms with Crippen molar-refractivity contribution in [1.82, 2.24) is 0 Å². The highest BCUT2D eigenvalue weighted by atomic mass is 16.1. The van der Waals surface area contributed by atoms with Crippen LogP contribution in [0, 0.1) is 6.92 Å². The number of nitrogens with zero attached hydrogens (tertiary/aromatic N) is 1. The first-order valence-electron chi connectivity index (χ1n) is 6.56. The van der Waals surface area contributed by atoms with Gasteiger partial charge in [-0.3, -0.25) is 4.79 Å². The minimum atomic E-state index is -0.304. The molecule has 0 heterocycles. The fourth-order valence-corrected chi connectivity index (χ4v) is 1.71. The van der Waals surface area contributed by atoms with Crippen molar-refractivity contribution in [3.05, 3.63) is 23.8 Å². The van der Waals surface area contributed by atoms with E-state index in [1.54, 1.807) is 0 Å². The predicted molar refractivity (Wildman–Crippen MR) is 81.6 cm³/mol. The molecule has 0 fully saturated rings. The molecule has 0 aliphatic rings. The maximum Gasteiger partial charge on any atom is 0.224 e. The normalized spacial score (nSPS) is 11.3. The molecule has 0 spiro atoms. The first-order valence-corrected chi connectivity index (χ1v) is 6.56.